The lowest BCUT2D eigenvalue weighted by molar-refractivity contribution is -0.139. The number of hydrogen-bond acceptors (Lipinski definition) is 6. The van der Waals surface area contributed by atoms with Crippen LogP contribution in [0.3, 0.4) is 0 Å². The van der Waals surface area contributed by atoms with Gasteiger partial charge in [-0.3, -0.25) is 0 Å². The van der Waals surface area contributed by atoms with Crippen LogP contribution >= 0.6 is 0 Å². The smallest absolute Gasteiger partial charge is 0.408 e. The predicted molar refractivity (Wildman–Crippen MR) is 125 cm³/mol. The number of carbonyl (C=O) groups is 2. The van der Waals surface area contributed by atoms with E-state index in [1.54, 1.807) is 6.07 Å². The van der Waals surface area contributed by atoms with Crippen molar-refractivity contribution in [1.82, 2.24) is 5.32 Å². The number of nitrogens with zero attached hydrogens (tertiary/aromatic N) is 2. The minimum atomic E-state index is -1.17. The number of amides is 1. The molecule has 0 bridgehead atoms. The molecule has 1 atom stereocenters. The second kappa shape index (κ2) is 13.4. The maximum Gasteiger partial charge on any atom is 0.408 e. The molecule has 2 rings (SSSR count). The molecule has 176 valence electrons. The fraction of sp³-hybridized carbons (Fsp3) is 0.304. The molecule has 10 heteroatoms. The first kappa shape index (κ1) is 25.2. The Kier molecular flexibility index (Phi) is 10.2. The topological polar surface area (TPSA) is 162 Å². The summed E-state index contributed by atoms with van der Waals surface area (Å²) < 4.78 is 10.8. The van der Waals surface area contributed by atoms with Crippen LogP contribution in [-0.2, 0) is 22.6 Å². The molecule has 1 amide bonds. The summed E-state index contributed by atoms with van der Waals surface area (Å²) in [5.41, 5.74) is 13.1. The number of aryl methyl sites for hydroxylation is 1. The average Bonchev–Trinajstić information content (AvgIpc) is 2.80. The molecule has 6 N–H and O–H groups in total. The third-order valence-electron chi connectivity index (χ3n) is 4.49. The molecule has 0 aromatic heterocycles. The van der Waals surface area contributed by atoms with E-state index in [4.69, 9.17) is 20.9 Å². The van der Waals surface area contributed by atoms with E-state index in [0.29, 0.717) is 18.6 Å². The molecule has 2 aromatic carbocycles. The van der Waals surface area contributed by atoms with Gasteiger partial charge in [0.05, 0.1) is 6.61 Å². The van der Waals surface area contributed by atoms with E-state index < -0.39 is 18.1 Å². The van der Waals surface area contributed by atoms with Crippen molar-refractivity contribution in [1.29, 1.82) is 0 Å². The van der Waals surface area contributed by atoms with E-state index >= 15 is 0 Å². The minimum Gasteiger partial charge on any atom is -0.493 e. The number of carboxylic acids is 1. The van der Waals surface area contributed by atoms with Crippen molar-refractivity contribution in [3.05, 3.63) is 65.7 Å². The highest BCUT2D eigenvalue weighted by atomic mass is 16.5. The van der Waals surface area contributed by atoms with Gasteiger partial charge in [0.15, 0.2) is 0 Å². The predicted octanol–water partition coefficient (Wildman–Crippen LogP) is 2.42. The van der Waals surface area contributed by atoms with Crippen LogP contribution in [0.2, 0.25) is 0 Å². The second-order valence-corrected chi connectivity index (χ2v) is 7.24. The first-order chi connectivity index (χ1) is 15.8. The molecule has 0 heterocycles. The summed E-state index contributed by atoms with van der Waals surface area (Å²) >= 11 is 0. The molecule has 1 unspecified atom stereocenters. The van der Waals surface area contributed by atoms with Gasteiger partial charge < -0.3 is 31.4 Å². The molecule has 2 aromatic rings. The summed E-state index contributed by atoms with van der Waals surface area (Å²) in [5.74, 6) is -0.662. The van der Waals surface area contributed by atoms with Crippen molar-refractivity contribution in [2.45, 2.75) is 38.8 Å². The first-order valence-corrected chi connectivity index (χ1v) is 10.4. The van der Waals surface area contributed by atoms with Crippen LogP contribution in [-0.4, -0.2) is 41.5 Å². The number of rotatable bonds is 12. The molecule has 0 aliphatic carbocycles. The van der Waals surface area contributed by atoms with Crippen LogP contribution in [0.5, 0.6) is 5.75 Å². The summed E-state index contributed by atoms with van der Waals surface area (Å²) in [6.45, 7) is 1.99. The lowest BCUT2D eigenvalue weighted by Crippen LogP contribution is -2.42. The minimum absolute atomic E-state index is 0.0540. The monoisotopic (exact) mass is 455 g/mol. The molecule has 0 aliphatic rings. The fourth-order valence-electron chi connectivity index (χ4n) is 2.77. The maximum absolute atomic E-state index is 12.0. The number of carboxylic acid groups (broad SMARTS) is 1. The van der Waals surface area contributed by atoms with Gasteiger partial charge in [-0.05, 0) is 43.0 Å². The van der Waals surface area contributed by atoms with Crippen molar-refractivity contribution in [2.75, 3.05) is 6.61 Å². The summed E-state index contributed by atoms with van der Waals surface area (Å²) in [4.78, 5) is 23.4. The molecule has 33 heavy (non-hydrogen) atoms. The van der Waals surface area contributed by atoms with Gasteiger partial charge in [-0.1, -0.05) is 42.5 Å². The zero-order chi connectivity index (χ0) is 24.1. The SMILES string of the molecule is C/C(CCc1cccc(OCCC(NC(=O)OCc2ccccc2)C(=O)O)c1)=N\N=C(N)N. The Hall–Kier alpha value is -4.08. The maximum atomic E-state index is 12.0. The number of ether oxygens (including phenoxy) is 2. The lowest BCUT2D eigenvalue weighted by atomic mass is 10.1. The van der Waals surface area contributed by atoms with Crippen LogP contribution in [0.25, 0.3) is 0 Å². The zero-order valence-electron chi connectivity index (χ0n) is 18.4. The summed E-state index contributed by atoms with van der Waals surface area (Å²) in [6, 6.07) is 15.4. The van der Waals surface area contributed by atoms with Crippen molar-refractivity contribution < 1.29 is 24.2 Å². The molecular weight excluding hydrogens is 426 g/mol. The van der Waals surface area contributed by atoms with Gasteiger partial charge >= 0.3 is 12.1 Å². The Morgan fingerprint density at radius 3 is 2.48 bits per heavy atom. The van der Waals surface area contributed by atoms with Crippen LogP contribution < -0.4 is 21.5 Å². The number of nitrogens with two attached hydrogens (primary N) is 2. The van der Waals surface area contributed by atoms with Crippen molar-refractivity contribution in [2.24, 2.45) is 21.7 Å². The highest BCUT2D eigenvalue weighted by Gasteiger charge is 2.20. The van der Waals surface area contributed by atoms with E-state index in [2.05, 4.69) is 15.5 Å². The lowest BCUT2D eigenvalue weighted by Gasteiger charge is -2.15. The standard InChI is InChI=1S/C23H29N5O5/c1-16(27-28-22(24)25)10-11-17-8-5-9-19(14-17)32-13-12-20(21(29)30)26-23(31)33-15-18-6-3-2-4-7-18/h2-9,14,20H,10-13,15H2,1H3,(H,26,31)(H,29,30)(H4,24,25,28)/b27-16+. The molecule has 10 nitrogen and oxygen atoms in total. The van der Waals surface area contributed by atoms with Crippen LogP contribution in [0.1, 0.15) is 30.9 Å². The van der Waals surface area contributed by atoms with Crippen LogP contribution in [0.4, 0.5) is 4.79 Å². The van der Waals surface area contributed by atoms with Gasteiger partial charge in [0.1, 0.15) is 18.4 Å². The quantitative estimate of drug-likeness (QED) is 0.217. The average molecular weight is 456 g/mol. The summed E-state index contributed by atoms with van der Waals surface area (Å²) in [7, 11) is 0. The van der Waals surface area contributed by atoms with Gasteiger partial charge in [0.25, 0.3) is 0 Å². The number of guanidine groups is 1. The number of carbonyl (C=O) groups excluding carboxylic acids is 1. The molecular formula is C23H29N5O5. The molecule has 0 fully saturated rings. The number of alkyl carbamates (subject to hydrolysis) is 1. The Labute approximate surface area is 192 Å². The summed E-state index contributed by atoms with van der Waals surface area (Å²) in [6.07, 6.45) is 0.644. The molecule has 0 aliphatic heterocycles. The van der Waals surface area contributed by atoms with Crippen molar-refractivity contribution >= 4 is 23.7 Å². The molecule has 0 saturated heterocycles. The molecule has 0 radical (unpaired) electrons. The Morgan fingerprint density at radius 2 is 1.79 bits per heavy atom. The Bertz CT molecular complexity index is 974. The second-order valence-electron chi connectivity index (χ2n) is 7.24. The van der Waals surface area contributed by atoms with Gasteiger partial charge in [0, 0.05) is 12.1 Å². The van der Waals surface area contributed by atoms with E-state index in [1.807, 2.05) is 55.5 Å². The molecule has 0 saturated carbocycles. The Balaban J connectivity index is 1.79. The van der Waals surface area contributed by atoms with E-state index in [0.717, 1.165) is 16.8 Å². The third kappa shape index (κ3) is 10.2. The van der Waals surface area contributed by atoms with E-state index in [-0.39, 0.29) is 25.6 Å². The number of aliphatic carboxylic acids is 1. The van der Waals surface area contributed by atoms with Gasteiger partial charge in [-0.15, -0.1) is 5.10 Å². The number of nitrogens with one attached hydrogen (secondary N) is 1. The molecule has 0 spiro atoms. The van der Waals surface area contributed by atoms with Crippen molar-refractivity contribution in [3.63, 3.8) is 0 Å². The number of benzene rings is 2. The zero-order valence-corrected chi connectivity index (χ0v) is 18.4. The van der Waals surface area contributed by atoms with Crippen molar-refractivity contribution in [3.8, 4) is 5.75 Å². The summed E-state index contributed by atoms with van der Waals surface area (Å²) in [5, 5.41) is 19.3. The first-order valence-electron chi connectivity index (χ1n) is 10.4. The van der Waals surface area contributed by atoms with Crippen LogP contribution in [0, 0.1) is 0 Å². The Morgan fingerprint density at radius 1 is 1.06 bits per heavy atom. The van der Waals surface area contributed by atoms with Gasteiger partial charge in [0.2, 0.25) is 5.96 Å². The fourth-order valence-corrected chi connectivity index (χ4v) is 2.77. The van der Waals surface area contributed by atoms with Gasteiger partial charge in [-0.2, -0.15) is 5.10 Å². The third-order valence-corrected chi connectivity index (χ3v) is 4.49. The largest absolute Gasteiger partial charge is 0.493 e. The van der Waals surface area contributed by atoms with Crippen LogP contribution in [0.15, 0.2) is 64.8 Å². The highest BCUT2D eigenvalue weighted by Crippen LogP contribution is 2.15. The van der Waals surface area contributed by atoms with E-state index in [9.17, 15) is 14.7 Å². The van der Waals surface area contributed by atoms with E-state index in [1.165, 1.54) is 0 Å². The van der Waals surface area contributed by atoms with Gasteiger partial charge in [-0.25, -0.2) is 9.59 Å². The highest BCUT2D eigenvalue weighted by molar-refractivity contribution is 5.83. The normalized spacial score (nSPS) is 11.8. The number of hydrogen-bond donors (Lipinski definition) is 4.